The molecule has 1 aliphatic heterocycles. The van der Waals surface area contributed by atoms with Gasteiger partial charge in [0.1, 0.15) is 11.5 Å². The van der Waals surface area contributed by atoms with E-state index < -0.39 is 17.7 Å². The second kappa shape index (κ2) is 11.4. The second-order valence-electron chi connectivity index (χ2n) is 8.34. The minimum Gasteiger partial charge on any atom is -0.507 e. The van der Waals surface area contributed by atoms with Gasteiger partial charge in [-0.25, -0.2) is 4.98 Å². The summed E-state index contributed by atoms with van der Waals surface area (Å²) in [5.74, 6) is -0.388. The van der Waals surface area contributed by atoms with Crippen LogP contribution in [0.1, 0.15) is 30.5 Å². The first-order chi connectivity index (χ1) is 17.9. The Morgan fingerprint density at radius 2 is 1.81 bits per heavy atom. The van der Waals surface area contributed by atoms with Gasteiger partial charge in [0, 0.05) is 31.0 Å². The molecule has 0 radical (unpaired) electrons. The van der Waals surface area contributed by atoms with E-state index in [1.165, 1.54) is 25.2 Å². The Morgan fingerprint density at radius 3 is 2.46 bits per heavy atom. The number of rotatable bonds is 10. The molecular formula is C27H28ClN3O6. The summed E-state index contributed by atoms with van der Waals surface area (Å²) in [6, 6.07) is 9.05. The lowest BCUT2D eigenvalue weighted by molar-refractivity contribution is -0.139. The number of ether oxygens (including phenoxy) is 3. The van der Waals surface area contributed by atoms with Gasteiger partial charge in [-0.2, -0.15) is 0 Å². The number of hydrogen-bond donors (Lipinski definition) is 1. The number of likely N-dealkylation sites (tertiary alicyclic amines) is 1. The van der Waals surface area contributed by atoms with Crippen LogP contribution in [0.2, 0.25) is 5.02 Å². The Balaban J connectivity index is 1.78. The van der Waals surface area contributed by atoms with Gasteiger partial charge in [-0.1, -0.05) is 17.7 Å². The van der Waals surface area contributed by atoms with Crippen molar-refractivity contribution in [2.45, 2.75) is 25.9 Å². The van der Waals surface area contributed by atoms with Crippen molar-refractivity contribution in [1.82, 2.24) is 14.5 Å². The minimum absolute atomic E-state index is 0.0277. The third-order valence-corrected chi connectivity index (χ3v) is 6.44. The lowest BCUT2D eigenvalue weighted by atomic mass is 9.95. The molecule has 1 aromatic heterocycles. The summed E-state index contributed by atoms with van der Waals surface area (Å²) in [5.41, 5.74) is 0.869. The monoisotopic (exact) mass is 525 g/mol. The number of Topliss-reactive ketones (excluding diaryl/α,β-unsaturated/α-hetero) is 1. The Kier molecular flexibility index (Phi) is 8.03. The van der Waals surface area contributed by atoms with Gasteiger partial charge in [0.05, 0.1) is 43.8 Å². The molecule has 0 bridgehead atoms. The van der Waals surface area contributed by atoms with Crippen molar-refractivity contribution >= 4 is 29.1 Å². The van der Waals surface area contributed by atoms with Crippen LogP contribution in [0.25, 0.3) is 5.76 Å². The largest absolute Gasteiger partial charge is 0.507 e. The number of carbonyl (C=O) groups excluding carboxylic acids is 2. The van der Waals surface area contributed by atoms with Crippen LogP contribution >= 0.6 is 11.6 Å². The average molecular weight is 526 g/mol. The standard InChI is InChI=1S/C27H28ClN3O6/c1-4-37-20-8-7-18(14-19(20)28)25(32)23-24(17-6-9-21(35-2)22(15-17)36-3)31(27(34)26(23)33)12-5-11-30-13-10-29-16-30/h6-10,13-16,24,32H,4-5,11-12H2,1-3H3/b25-23+. The zero-order valence-electron chi connectivity index (χ0n) is 20.8. The molecule has 9 nitrogen and oxygen atoms in total. The lowest BCUT2D eigenvalue weighted by Crippen LogP contribution is -2.31. The lowest BCUT2D eigenvalue weighted by Gasteiger charge is -2.26. The highest BCUT2D eigenvalue weighted by atomic mass is 35.5. The summed E-state index contributed by atoms with van der Waals surface area (Å²) in [7, 11) is 3.03. The number of halogens is 1. The van der Waals surface area contributed by atoms with Crippen LogP contribution in [0.4, 0.5) is 0 Å². The zero-order chi connectivity index (χ0) is 26.5. The number of nitrogens with zero attached hydrogens (tertiary/aromatic N) is 3. The van der Waals surface area contributed by atoms with Gasteiger partial charge in [-0.3, -0.25) is 9.59 Å². The number of methoxy groups -OCH3 is 2. The molecule has 0 saturated carbocycles. The topological polar surface area (TPSA) is 103 Å². The van der Waals surface area contributed by atoms with Gasteiger partial charge >= 0.3 is 0 Å². The summed E-state index contributed by atoms with van der Waals surface area (Å²) < 4.78 is 18.2. The van der Waals surface area contributed by atoms with E-state index in [1.807, 2.05) is 17.7 Å². The van der Waals surface area contributed by atoms with Gasteiger partial charge in [-0.05, 0) is 49.2 Å². The fourth-order valence-electron chi connectivity index (χ4n) is 4.40. The number of aryl methyl sites for hydroxylation is 1. The highest BCUT2D eigenvalue weighted by Crippen LogP contribution is 2.42. The maximum absolute atomic E-state index is 13.3. The van der Waals surface area contributed by atoms with Gasteiger partial charge in [0.15, 0.2) is 11.5 Å². The first-order valence-corrected chi connectivity index (χ1v) is 12.2. The highest BCUT2D eigenvalue weighted by molar-refractivity contribution is 6.46. The van der Waals surface area contributed by atoms with Crippen LogP contribution in [-0.4, -0.2) is 58.6 Å². The van der Waals surface area contributed by atoms with E-state index in [0.717, 1.165) is 0 Å². The molecule has 0 aliphatic carbocycles. The Morgan fingerprint density at radius 1 is 1.05 bits per heavy atom. The van der Waals surface area contributed by atoms with Crippen molar-refractivity contribution in [3.8, 4) is 17.2 Å². The number of ketones is 1. The van der Waals surface area contributed by atoms with Crippen LogP contribution in [0.15, 0.2) is 60.7 Å². The summed E-state index contributed by atoms with van der Waals surface area (Å²) in [4.78, 5) is 32.0. The fraction of sp³-hybridized carbons (Fsp3) is 0.296. The number of hydrogen-bond acceptors (Lipinski definition) is 7. The first-order valence-electron chi connectivity index (χ1n) is 11.8. The van der Waals surface area contributed by atoms with E-state index in [2.05, 4.69) is 4.98 Å². The van der Waals surface area contributed by atoms with Gasteiger partial charge in [0.25, 0.3) is 11.7 Å². The molecule has 1 atom stereocenters. The molecule has 1 fully saturated rings. The fourth-order valence-corrected chi connectivity index (χ4v) is 4.63. The van der Waals surface area contributed by atoms with Gasteiger partial charge in [-0.15, -0.1) is 0 Å². The maximum atomic E-state index is 13.3. The van der Waals surface area contributed by atoms with Crippen LogP contribution in [0.5, 0.6) is 17.2 Å². The normalized spacial score (nSPS) is 16.8. The number of imidazole rings is 1. The zero-order valence-corrected chi connectivity index (χ0v) is 21.6. The van der Waals surface area contributed by atoms with Gasteiger partial charge in [0.2, 0.25) is 0 Å². The van der Waals surface area contributed by atoms with E-state index in [4.69, 9.17) is 25.8 Å². The van der Waals surface area contributed by atoms with Crippen molar-refractivity contribution in [3.05, 3.63) is 76.8 Å². The molecule has 1 saturated heterocycles. The average Bonchev–Trinajstić information content (AvgIpc) is 3.51. The number of aromatic nitrogens is 2. The molecule has 194 valence electrons. The molecule has 1 amide bonds. The van der Waals surface area contributed by atoms with Crippen LogP contribution in [0, 0.1) is 0 Å². The molecule has 37 heavy (non-hydrogen) atoms. The molecule has 2 aromatic carbocycles. The summed E-state index contributed by atoms with van der Waals surface area (Å²) >= 11 is 6.34. The number of benzene rings is 2. The SMILES string of the molecule is CCOc1ccc(/C(O)=C2\C(=O)C(=O)N(CCCn3ccnc3)C2c2ccc(OC)c(OC)c2)cc1Cl. The molecular weight excluding hydrogens is 498 g/mol. The Bertz CT molecular complexity index is 1320. The molecule has 4 rings (SSSR count). The molecule has 1 unspecified atom stereocenters. The van der Waals surface area contributed by atoms with Gasteiger partial charge < -0.3 is 28.8 Å². The van der Waals surface area contributed by atoms with Crippen molar-refractivity contribution in [3.63, 3.8) is 0 Å². The third-order valence-electron chi connectivity index (χ3n) is 6.14. The van der Waals surface area contributed by atoms with Crippen molar-refractivity contribution < 1.29 is 28.9 Å². The Hall–Kier alpha value is -3.98. The molecule has 1 aliphatic rings. The van der Waals surface area contributed by atoms with E-state index in [9.17, 15) is 14.7 Å². The molecule has 2 heterocycles. The van der Waals surface area contributed by atoms with Crippen molar-refractivity contribution in [2.24, 2.45) is 0 Å². The number of aliphatic hydroxyl groups excluding tert-OH is 1. The third kappa shape index (κ3) is 5.27. The maximum Gasteiger partial charge on any atom is 0.295 e. The van der Waals surface area contributed by atoms with Crippen molar-refractivity contribution in [1.29, 1.82) is 0 Å². The summed E-state index contributed by atoms with van der Waals surface area (Å²) in [5, 5.41) is 11.6. The second-order valence-corrected chi connectivity index (χ2v) is 8.75. The number of carbonyl (C=O) groups is 2. The predicted molar refractivity (Wildman–Crippen MR) is 138 cm³/mol. The van der Waals surface area contributed by atoms with Crippen LogP contribution in [-0.2, 0) is 16.1 Å². The van der Waals surface area contributed by atoms with E-state index in [0.29, 0.717) is 47.9 Å². The van der Waals surface area contributed by atoms with E-state index >= 15 is 0 Å². The summed E-state index contributed by atoms with van der Waals surface area (Å²) in [6.07, 6.45) is 5.77. The molecule has 1 N–H and O–H groups in total. The minimum atomic E-state index is -0.840. The van der Waals surface area contributed by atoms with E-state index in [-0.39, 0.29) is 22.9 Å². The number of aliphatic hydroxyl groups is 1. The smallest absolute Gasteiger partial charge is 0.295 e. The quantitative estimate of drug-likeness (QED) is 0.237. The van der Waals surface area contributed by atoms with E-state index in [1.54, 1.807) is 42.9 Å². The highest BCUT2D eigenvalue weighted by Gasteiger charge is 2.46. The van der Waals surface area contributed by atoms with Crippen LogP contribution in [0.3, 0.4) is 0 Å². The van der Waals surface area contributed by atoms with Crippen molar-refractivity contribution in [2.75, 3.05) is 27.4 Å². The number of amides is 1. The van der Waals surface area contributed by atoms with Crippen LogP contribution < -0.4 is 14.2 Å². The first kappa shape index (κ1) is 26.1. The molecule has 10 heteroatoms. The predicted octanol–water partition coefficient (Wildman–Crippen LogP) is 4.46. The molecule has 0 spiro atoms. The summed E-state index contributed by atoms with van der Waals surface area (Å²) in [6.45, 7) is 3.15. The Labute approximate surface area is 219 Å². The molecule has 3 aromatic rings.